The summed E-state index contributed by atoms with van der Waals surface area (Å²) in [4.78, 5) is 22.7. The summed E-state index contributed by atoms with van der Waals surface area (Å²) < 4.78 is 25.3. The van der Waals surface area contributed by atoms with Crippen LogP contribution < -0.4 is 15.4 Å². The number of nitrogens with one attached hydrogen (secondary N) is 2. The van der Waals surface area contributed by atoms with Gasteiger partial charge in [-0.3, -0.25) is 9.69 Å². The Morgan fingerprint density at radius 3 is 2.97 bits per heavy atom. The van der Waals surface area contributed by atoms with Crippen molar-refractivity contribution in [1.29, 1.82) is 0 Å². The van der Waals surface area contributed by atoms with E-state index in [0.29, 0.717) is 49.2 Å². The minimum absolute atomic E-state index is 0.109. The number of aliphatic hydroxyl groups excluding tert-OH is 1. The van der Waals surface area contributed by atoms with Crippen LogP contribution in [0.5, 0.6) is 5.75 Å². The van der Waals surface area contributed by atoms with Gasteiger partial charge in [-0.1, -0.05) is 0 Å². The van der Waals surface area contributed by atoms with Gasteiger partial charge in [0, 0.05) is 44.0 Å². The number of rotatable bonds is 10. The molecule has 3 heterocycles. The van der Waals surface area contributed by atoms with Crippen molar-refractivity contribution in [1.82, 2.24) is 20.2 Å². The number of ether oxygens (including phenoxy) is 1. The molecule has 0 unspecified atom stereocenters. The van der Waals surface area contributed by atoms with Crippen LogP contribution in [-0.4, -0.2) is 57.7 Å². The second-order valence-electron chi connectivity index (χ2n) is 9.36. The molecule has 1 amide bonds. The van der Waals surface area contributed by atoms with Crippen molar-refractivity contribution in [3.05, 3.63) is 71.3 Å². The van der Waals surface area contributed by atoms with Crippen LogP contribution in [0.2, 0.25) is 0 Å². The van der Waals surface area contributed by atoms with Gasteiger partial charge in [-0.25, -0.2) is 14.4 Å². The molecule has 0 saturated heterocycles. The fraction of sp³-hybridized carbons (Fsp3) is 0.423. The lowest BCUT2D eigenvalue weighted by Gasteiger charge is -2.30. The average Bonchev–Trinajstić information content (AvgIpc) is 3.37. The highest BCUT2D eigenvalue weighted by Crippen LogP contribution is 2.28. The first-order valence-electron chi connectivity index (χ1n) is 12.3. The van der Waals surface area contributed by atoms with Crippen LogP contribution in [0, 0.1) is 5.82 Å². The number of halogens is 1. The van der Waals surface area contributed by atoms with Crippen molar-refractivity contribution in [2.75, 3.05) is 25.0 Å². The number of nitrogens with zero attached hydrogens (tertiary/aromatic N) is 3. The molecule has 1 aromatic carbocycles. The summed E-state index contributed by atoms with van der Waals surface area (Å²) in [5.41, 5.74) is 2.39. The number of pyridine rings is 1. The lowest BCUT2D eigenvalue weighted by molar-refractivity contribution is 0.0841. The normalized spacial score (nSPS) is 16.6. The number of carbonyl (C=O) groups is 1. The van der Waals surface area contributed by atoms with Gasteiger partial charge in [-0.05, 0) is 61.1 Å². The topological polar surface area (TPSA) is 113 Å². The van der Waals surface area contributed by atoms with Gasteiger partial charge in [0.15, 0.2) is 23.7 Å². The number of oxazole rings is 1. The van der Waals surface area contributed by atoms with E-state index in [2.05, 4.69) is 25.5 Å². The third kappa shape index (κ3) is 6.00. The van der Waals surface area contributed by atoms with E-state index in [1.807, 2.05) is 0 Å². The number of aromatic nitrogens is 2. The molecule has 2 aliphatic rings. The van der Waals surface area contributed by atoms with Gasteiger partial charge in [-0.2, -0.15) is 0 Å². The number of amides is 1. The Balaban J connectivity index is 1.10. The molecule has 2 aromatic heterocycles. The average molecular weight is 496 g/mol. The van der Waals surface area contributed by atoms with Gasteiger partial charge < -0.3 is 24.9 Å². The van der Waals surface area contributed by atoms with E-state index < -0.39 is 11.9 Å². The first-order chi connectivity index (χ1) is 17.5. The molecule has 36 heavy (non-hydrogen) atoms. The monoisotopic (exact) mass is 495 g/mol. The molecule has 0 bridgehead atoms. The van der Waals surface area contributed by atoms with E-state index in [0.717, 1.165) is 24.0 Å². The Morgan fingerprint density at radius 1 is 1.31 bits per heavy atom. The first kappa shape index (κ1) is 24.2. The van der Waals surface area contributed by atoms with Gasteiger partial charge in [0.05, 0.1) is 12.3 Å². The van der Waals surface area contributed by atoms with Crippen molar-refractivity contribution in [3.8, 4) is 5.75 Å². The highest BCUT2D eigenvalue weighted by molar-refractivity contribution is 5.94. The van der Waals surface area contributed by atoms with Crippen LogP contribution in [0.4, 0.5) is 10.2 Å². The van der Waals surface area contributed by atoms with Crippen molar-refractivity contribution in [3.63, 3.8) is 0 Å². The Bertz CT molecular complexity index is 1190. The van der Waals surface area contributed by atoms with Crippen LogP contribution in [0.3, 0.4) is 0 Å². The lowest BCUT2D eigenvalue weighted by Crippen LogP contribution is -2.42. The summed E-state index contributed by atoms with van der Waals surface area (Å²) in [6, 6.07) is 7.05. The maximum Gasteiger partial charge on any atom is 0.251 e. The zero-order valence-corrected chi connectivity index (χ0v) is 20.0. The molecule has 3 N–H and O–H groups in total. The Hall–Kier alpha value is -3.50. The van der Waals surface area contributed by atoms with E-state index in [9.17, 15) is 14.3 Å². The Morgan fingerprint density at radius 2 is 2.19 bits per heavy atom. The molecule has 1 aliphatic heterocycles. The number of aliphatic hydroxyl groups is 1. The molecule has 3 aromatic rings. The summed E-state index contributed by atoms with van der Waals surface area (Å²) >= 11 is 0. The number of β-amino-alcohol motifs (C(OH)–C–C–N with tert-alkyl or cyclic N) is 1. The molecule has 1 fully saturated rings. The van der Waals surface area contributed by atoms with Crippen LogP contribution in [-0.2, 0) is 19.6 Å². The number of carbonyl (C=O) groups excluding carboxylic acids is 1. The molecule has 5 rings (SSSR count). The third-order valence-corrected chi connectivity index (χ3v) is 6.65. The number of anilines is 1. The third-order valence-electron chi connectivity index (χ3n) is 6.65. The van der Waals surface area contributed by atoms with E-state index >= 15 is 0 Å². The van der Waals surface area contributed by atoms with Crippen LogP contribution in [0.1, 0.15) is 46.5 Å². The number of hydrogen-bond donors (Lipinski definition) is 3. The van der Waals surface area contributed by atoms with Crippen LogP contribution in [0.15, 0.2) is 47.5 Å². The predicted octanol–water partition coefficient (Wildman–Crippen LogP) is 2.90. The Labute approximate surface area is 208 Å². The molecular formula is C26H30FN5O4. The van der Waals surface area contributed by atoms with E-state index in [1.54, 1.807) is 24.4 Å². The van der Waals surface area contributed by atoms with E-state index in [1.165, 1.54) is 25.1 Å². The summed E-state index contributed by atoms with van der Waals surface area (Å²) in [5, 5.41) is 16.7. The molecule has 0 spiro atoms. The largest absolute Gasteiger partial charge is 0.483 e. The maximum atomic E-state index is 14.6. The van der Waals surface area contributed by atoms with Crippen LogP contribution >= 0.6 is 0 Å². The zero-order chi connectivity index (χ0) is 24.9. The second kappa shape index (κ2) is 11.0. The lowest BCUT2D eigenvalue weighted by atomic mass is 9.93. The highest BCUT2D eigenvalue weighted by Gasteiger charge is 2.22. The zero-order valence-electron chi connectivity index (χ0n) is 20.0. The standard InChI is InChI=1S/C26H30FN5O4/c27-23-8-19-13-32(7-5-17(19)9-24(23)35-15-22-12-28-16-36-22)14-21(33)11-30-26(34)18-4-6-29-25(10-18)31-20-2-1-3-20/h4,6,8-10,12,16,20-21,33H,1-3,5,7,11,13-15H2,(H,29,31)(H,30,34)/t21-/m0/s1. The smallest absolute Gasteiger partial charge is 0.251 e. The SMILES string of the molecule is O=C(NC[C@H](O)CN1CCc2cc(OCc3cnco3)c(F)cc2C1)c1ccnc(NC2CCC2)c1. The summed E-state index contributed by atoms with van der Waals surface area (Å²) in [7, 11) is 0. The quantitative estimate of drug-likeness (QED) is 0.394. The van der Waals surface area contributed by atoms with Gasteiger partial charge in [0.25, 0.3) is 5.91 Å². The van der Waals surface area contributed by atoms with Gasteiger partial charge in [0.1, 0.15) is 12.4 Å². The molecule has 190 valence electrons. The van der Waals surface area contributed by atoms with Crippen molar-refractivity contribution in [2.45, 2.75) is 51.0 Å². The summed E-state index contributed by atoms with van der Waals surface area (Å²) in [6.45, 7) is 1.83. The van der Waals surface area contributed by atoms with Crippen LogP contribution in [0.25, 0.3) is 0 Å². The Kier molecular flexibility index (Phi) is 7.43. The van der Waals surface area contributed by atoms with E-state index in [4.69, 9.17) is 9.15 Å². The minimum Gasteiger partial charge on any atom is -0.483 e. The van der Waals surface area contributed by atoms with Crippen molar-refractivity contribution < 1.29 is 23.4 Å². The van der Waals surface area contributed by atoms with Gasteiger partial charge in [-0.15, -0.1) is 0 Å². The van der Waals surface area contributed by atoms with Gasteiger partial charge >= 0.3 is 0 Å². The fourth-order valence-electron chi connectivity index (χ4n) is 4.43. The molecule has 1 saturated carbocycles. The molecule has 1 atom stereocenters. The summed E-state index contributed by atoms with van der Waals surface area (Å²) in [5.74, 6) is 0.708. The van der Waals surface area contributed by atoms with Crippen molar-refractivity contribution >= 4 is 11.7 Å². The summed E-state index contributed by atoms with van der Waals surface area (Å²) in [6.07, 6.45) is 7.87. The highest BCUT2D eigenvalue weighted by atomic mass is 19.1. The van der Waals surface area contributed by atoms with Gasteiger partial charge in [0.2, 0.25) is 0 Å². The minimum atomic E-state index is -0.751. The second-order valence-corrected chi connectivity index (χ2v) is 9.36. The fourth-order valence-corrected chi connectivity index (χ4v) is 4.43. The number of benzene rings is 1. The maximum absolute atomic E-state index is 14.6. The first-order valence-corrected chi connectivity index (χ1v) is 12.3. The molecule has 0 radical (unpaired) electrons. The number of fused-ring (bicyclic) bond motifs is 1. The number of hydrogen-bond acceptors (Lipinski definition) is 8. The molecule has 1 aliphatic carbocycles. The molecule has 10 heteroatoms. The molecule has 9 nitrogen and oxygen atoms in total. The van der Waals surface area contributed by atoms with Crippen molar-refractivity contribution in [2.24, 2.45) is 0 Å². The molecular weight excluding hydrogens is 465 g/mol. The van der Waals surface area contributed by atoms with E-state index in [-0.39, 0.29) is 24.8 Å². The predicted molar refractivity (Wildman–Crippen MR) is 130 cm³/mol.